The van der Waals surface area contributed by atoms with Crippen LogP contribution in [0.5, 0.6) is 0 Å². The Labute approximate surface area is 105 Å². The Bertz CT molecular complexity index is 585. The van der Waals surface area contributed by atoms with E-state index in [1.165, 1.54) is 0 Å². The number of hydrogen-bond acceptors (Lipinski definition) is 2. The highest BCUT2D eigenvalue weighted by Crippen LogP contribution is 2.27. The summed E-state index contributed by atoms with van der Waals surface area (Å²) in [6, 6.07) is 15.3. The van der Waals surface area contributed by atoms with E-state index in [2.05, 4.69) is 11.4 Å². The first kappa shape index (κ1) is 11.5. The highest BCUT2D eigenvalue weighted by atomic mass is 35.5. The summed E-state index contributed by atoms with van der Waals surface area (Å²) in [4.78, 5) is 0. The summed E-state index contributed by atoms with van der Waals surface area (Å²) < 4.78 is 0. The summed E-state index contributed by atoms with van der Waals surface area (Å²) >= 11 is 6.13. The second-order valence-corrected chi connectivity index (χ2v) is 4.17. The van der Waals surface area contributed by atoms with Crippen molar-refractivity contribution in [2.24, 2.45) is 0 Å². The van der Waals surface area contributed by atoms with E-state index in [0.717, 1.165) is 16.9 Å². The van der Waals surface area contributed by atoms with Crippen molar-refractivity contribution in [1.29, 1.82) is 5.26 Å². The molecule has 84 valence electrons. The van der Waals surface area contributed by atoms with Crippen LogP contribution in [0.25, 0.3) is 0 Å². The molecule has 0 amide bonds. The number of halogens is 1. The topological polar surface area (TPSA) is 35.8 Å². The molecule has 0 spiro atoms. The molecule has 0 aromatic heterocycles. The lowest BCUT2D eigenvalue weighted by Gasteiger charge is -2.10. The monoisotopic (exact) mass is 242 g/mol. The van der Waals surface area contributed by atoms with Crippen LogP contribution in [0.2, 0.25) is 5.02 Å². The second kappa shape index (κ2) is 4.90. The van der Waals surface area contributed by atoms with E-state index in [-0.39, 0.29) is 0 Å². The van der Waals surface area contributed by atoms with Gasteiger partial charge in [-0.3, -0.25) is 0 Å². The van der Waals surface area contributed by atoms with Crippen LogP contribution in [0, 0.1) is 18.3 Å². The van der Waals surface area contributed by atoms with Gasteiger partial charge in [0.25, 0.3) is 0 Å². The Morgan fingerprint density at radius 3 is 2.59 bits per heavy atom. The van der Waals surface area contributed by atoms with Crippen LogP contribution >= 0.6 is 11.6 Å². The molecule has 0 atom stereocenters. The van der Waals surface area contributed by atoms with Crippen LogP contribution in [-0.2, 0) is 0 Å². The third-order valence-corrected chi connectivity index (χ3v) is 2.75. The van der Waals surface area contributed by atoms with Crippen LogP contribution in [0.3, 0.4) is 0 Å². The van der Waals surface area contributed by atoms with Gasteiger partial charge in [0.05, 0.1) is 22.0 Å². The number of nitriles is 1. The maximum Gasteiger partial charge on any atom is 0.101 e. The molecule has 0 aliphatic heterocycles. The third-order valence-electron chi connectivity index (χ3n) is 2.44. The predicted octanol–water partition coefficient (Wildman–Crippen LogP) is 4.26. The Hall–Kier alpha value is -1.98. The second-order valence-electron chi connectivity index (χ2n) is 3.77. The van der Waals surface area contributed by atoms with E-state index in [0.29, 0.717) is 10.6 Å². The molecule has 0 saturated carbocycles. The van der Waals surface area contributed by atoms with Crippen LogP contribution in [-0.4, -0.2) is 0 Å². The maximum absolute atomic E-state index is 8.99. The van der Waals surface area contributed by atoms with Gasteiger partial charge in [-0.25, -0.2) is 0 Å². The fraction of sp³-hybridized carbons (Fsp3) is 0.0714. The summed E-state index contributed by atoms with van der Waals surface area (Å²) in [5.74, 6) is 0. The van der Waals surface area contributed by atoms with Crippen molar-refractivity contribution in [1.82, 2.24) is 0 Å². The van der Waals surface area contributed by atoms with Gasteiger partial charge < -0.3 is 5.32 Å². The molecule has 2 aromatic carbocycles. The first-order valence-corrected chi connectivity index (χ1v) is 5.61. The Morgan fingerprint density at radius 2 is 1.88 bits per heavy atom. The fourth-order valence-electron chi connectivity index (χ4n) is 1.56. The van der Waals surface area contributed by atoms with Crippen LogP contribution in [0.4, 0.5) is 11.4 Å². The van der Waals surface area contributed by atoms with E-state index in [4.69, 9.17) is 16.9 Å². The minimum Gasteiger partial charge on any atom is -0.353 e. The molecule has 0 radical (unpaired) electrons. The lowest BCUT2D eigenvalue weighted by Crippen LogP contribution is -1.94. The Balaban J connectivity index is 2.35. The van der Waals surface area contributed by atoms with Crippen molar-refractivity contribution >= 4 is 23.0 Å². The first-order valence-electron chi connectivity index (χ1n) is 5.23. The van der Waals surface area contributed by atoms with Crippen molar-refractivity contribution in [3.63, 3.8) is 0 Å². The van der Waals surface area contributed by atoms with Crippen molar-refractivity contribution in [3.8, 4) is 6.07 Å². The van der Waals surface area contributed by atoms with Crippen molar-refractivity contribution in [3.05, 3.63) is 58.6 Å². The minimum atomic E-state index is 0.601. The average Bonchev–Trinajstić information content (AvgIpc) is 2.33. The van der Waals surface area contributed by atoms with Gasteiger partial charge in [0, 0.05) is 0 Å². The molecule has 2 nitrogen and oxygen atoms in total. The summed E-state index contributed by atoms with van der Waals surface area (Å²) in [6.07, 6.45) is 0. The molecular weight excluding hydrogens is 232 g/mol. The zero-order chi connectivity index (χ0) is 12.3. The number of benzene rings is 2. The standard InChI is InChI=1S/C14H11ClN2/c1-10-6-7-14(12(15)8-10)17-13-5-3-2-4-11(13)9-16/h2-8,17H,1H3. The van der Waals surface area contributed by atoms with Crippen LogP contribution in [0.15, 0.2) is 42.5 Å². The van der Waals surface area contributed by atoms with Gasteiger partial charge in [0.15, 0.2) is 0 Å². The van der Waals surface area contributed by atoms with Gasteiger partial charge in [-0.05, 0) is 36.8 Å². The van der Waals surface area contributed by atoms with Crippen molar-refractivity contribution in [2.45, 2.75) is 6.92 Å². The number of nitrogens with one attached hydrogen (secondary N) is 1. The molecule has 0 fully saturated rings. The normalized spacial score (nSPS) is 9.71. The highest BCUT2D eigenvalue weighted by molar-refractivity contribution is 6.33. The molecule has 0 heterocycles. The molecule has 0 saturated heterocycles. The zero-order valence-corrected chi connectivity index (χ0v) is 10.1. The number of nitrogens with zero attached hydrogens (tertiary/aromatic N) is 1. The zero-order valence-electron chi connectivity index (χ0n) is 9.37. The highest BCUT2D eigenvalue weighted by Gasteiger charge is 2.04. The maximum atomic E-state index is 8.99. The SMILES string of the molecule is Cc1ccc(Nc2ccccc2C#N)c(Cl)c1. The number of hydrogen-bond donors (Lipinski definition) is 1. The molecular formula is C14H11ClN2. The van der Waals surface area contributed by atoms with E-state index in [1.807, 2.05) is 43.3 Å². The molecule has 3 heteroatoms. The van der Waals surface area contributed by atoms with Gasteiger partial charge in [-0.15, -0.1) is 0 Å². The minimum absolute atomic E-state index is 0.601. The quantitative estimate of drug-likeness (QED) is 0.854. The molecule has 17 heavy (non-hydrogen) atoms. The van der Waals surface area contributed by atoms with Crippen LogP contribution in [0.1, 0.15) is 11.1 Å². The van der Waals surface area contributed by atoms with E-state index >= 15 is 0 Å². The third kappa shape index (κ3) is 2.58. The van der Waals surface area contributed by atoms with E-state index in [1.54, 1.807) is 6.07 Å². The van der Waals surface area contributed by atoms with Gasteiger partial charge in [-0.1, -0.05) is 29.8 Å². The summed E-state index contributed by atoms with van der Waals surface area (Å²) in [6.45, 7) is 1.99. The number of para-hydroxylation sites is 1. The molecule has 1 N–H and O–H groups in total. The van der Waals surface area contributed by atoms with Gasteiger partial charge in [0.1, 0.15) is 6.07 Å². The van der Waals surface area contributed by atoms with Crippen LogP contribution < -0.4 is 5.32 Å². The van der Waals surface area contributed by atoms with E-state index < -0.39 is 0 Å². The lowest BCUT2D eigenvalue weighted by molar-refractivity contribution is 1.43. The molecule has 0 aliphatic carbocycles. The summed E-state index contributed by atoms with van der Waals surface area (Å²) in [7, 11) is 0. The van der Waals surface area contributed by atoms with Crippen molar-refractivity contribution in [2.75, 3.05) is 5.32 Å². The fourth-order valence-corrected chi connectivity index (χ4v) is 1.84. The number of rotatable bonds is 2. The Morgan fingerprint density at radius 1 is 1.12 bits per heavy atom. The van der Waals surface area contributed by atoms with Crippen molar-refractivity contribution < 1.29 is 0 Å². The number of aryl methyl sites for hydroxylation is 1. The van der Waals surface area contributed by atoms with Gasteiger partial charge in [-0.2, -0.15) is 5.26 Å². The molecule has 2 rings (SSSR count). The smallest absolute Gasteiger partial charge is 0.101 e. The van der Waals surface area contributed by atoms with Gasteiger partial charge in [0.2, 0.25) is 0 Å². The molecule has 0 aliphatic rings. The number of anilines is 2. The summed E-state index contributed by atoms with van der Waals surface area (Å²) in [5, 5.41) is 12.8. The molecule has 2 aromatic rings. The Kier molecular flexibility index (Phi) is 3.32. The summed E-state index contributed by atoms with van der Waals surface area (Å²) in [5.41, 5.74) is 3.28. The first-order chi connectivity index (χ1) is 8.20. The van der Waals surface area contributed by atoms with Gasteiger partial charge >= 0.3 is 0 Å². The average molecular weight is 243 g/mol. The van der Waals surface area contributed by atoms with E-state index in [9.17, 15) is 0 Å². The predicted molar refractivity (Wildman–Crippen MR) is 70.6 cm³/mol. The molecule has 0 unspecified atom stereocenters. The molecule has 0 bridgehead atoms. The lowest BCUT2D eigenvalue weighted by atomic mass is 10.1. The largest absolute Gasteiger partial charge is 0.353 e.